The number of anilines is 2. The number of carbonyl (C=O) groups excluding carboxylic acids is 3. The second-order valence-corrected chi connectivity index (χ2v) is 9.56. The molecule has 1 saturated heterocycles. The maximum absolute atomic E-state index is 13.2. The van der Waals surface area contributed by atoms with Crippen LogP contribution in [-0.2, 0) is 9.59 Å². The summed E-state index contributed by atoms with van der Waals surface area (Å²) in [5.74, 6) is 0.660. The fourth-order valence-electron chi connectivity index (χ4n) is 5.90. The number of halogens is 1. The Hall–Kier alpha value is -2.92. The highest BCUT2D eigenvalue weighted by Gasteiger charge is 2.67. The van der Waals surface area contributed by atoms with E-state index >= 15 is 0 Å². The monoisotopic (exact) mass is 432 g/mol. The number of carbonyl (C=O) groups is 3. The summed E-state index contributed by atoms with van der Waals surface area (Å²) in [6, 6.07) is 12.0. The lowest BCUT2D eigenvalue weighted by atomic mass is 9.63. The number of hydrogen-bond donors (Lipinski definition) is 1. The van der Waals surface area contributed by atoms with Gasteiger partial charge in [-0.3, -0.25) is 19.3 Å². The minimum Gasteiger partial charge on any atom is -0.322 e. The summed E-state index contributed by atoms with van der Waals surface area (Å²) >= 11 is 6.03. The zero-order valence-corrected chi connectivity index (χ0v) is 17.7. The van der Waals surface area contributed by atoms with Crippen molar-refractivity contribution in [1.29, 1.82) is 0 Å². The van der Waals surface area contributed by atoms with E-state index in [9.17, 15) is 14.4 Å². The molecule has 0 radical (unpaired) electrons. The normalized spacial score (nSPS) is 32.1. The van der Waals surface area contributed by atoms with Gasteiger partial charge in [-0.2, -0.15) is 0 Å². The molecule has 1 aliphatic heterocycles. The maximum atomic E-state index is 13.2. The summed E-state index contributed by atoms with van der Waals surface area (Å²) in [7, 11) is 0. The van der Waals surface area contributed by atoms with Crippen LogP contribution in [-0.4, -0.2) is 17.7 Å². The molecule has 2 saturated carbocycles. The zero-order valence-electron chi connectivity index (χ0n) is 16.9. The number of nitrogens with zero attached hydrogens (tertiary/aromatic N) is 1. The standard InChI is InChI=1S/C25H21ClN2O3/c1-12-2-5-14(26)10-20(12)27-23(29)13-3-6-15(7-4-13)28-24(30)21-16-8-9-17(19-11-18(16)19)22(21)25(28)31/h2-10,16-19,21-22H,11H2,1H3,(H,27,29)/t16-,17-,18-,19-,21+,22+/m0/s1. The number of allylic oxidation sites excluding steroid dienone is 2. The van der Waals surface area contributed by atoms with E-state index in [4.69, 9.17) is 11.6 Å². The molecule has 1 heterocycles. The van der Waals surface area contributed by atoms with Crippen LogP contribution in [0.2, 0.25) is 5.02 Å². The van der Waals surface area contributed by atoms with Crippen LogP contribution in [0.25, 0.3) is 0 Å². The van der Waals surface area contributed by atoms with Crippen molar-refractivity contribution < 1.29 is 14.4 Å². The van der Waals surface area contributed by atoms with Crippen molar-refractivity contribution in [3.63, 3.8) is 0 Å². The lowest BCUT2D eigenvalue weighted by Gasteiger charge is -2.37. The lowest BCUT2D eigenvalue weighted by Crippen LogP contribution is -2.40. The average Bonchev–Trinajstić information content (AvgIpc) is 3.54. The summed E-state index contributed by atoms with van der Waals surface area (Å²) < 4.78 is 0. The molecule has 0 aromatic heterocycles. The second-order valence-electron chi connectivity index (χ2n) is 9.13. The molecule has 6 heteroatoms. The highest BCUT2D eigenvalue weighted by atomic mass is 35.5. The number of rotatable bonds is 3. The van der Waals surface area contributed by atoms with E-state index < -0.39 is 0 Å². The van der Waals surface area contributed by atoms with Crippen molar-refractivity contribution in [3.8, 4) is 0 Å². The fraction of sp³-hybridized carbons (Fsp3) is 0.320. The van der Waals surface area contributed by atoms with E-state index in [2.05, 4.69) is 17.5 Å². The molecule has 31 heavy (non-hydrogen) atoms. The Bertz CT molecular complexity index is 1140. The molecule has 1 N–H and O–H groups in total. The third-order valence-corrected chi connectivity index (χ3v) is 7.73. The molecule has 4 aliphatic carbocycles. The number of hydrogen-bond acceptors (Lipinski definition) is 3. The highest BCUT2D eigenvalue weighted by molar-refractivity contribution is 6.31. The summed E-state index contributed by atoms with van der Waals surface area (Å²) in [5, 5.41) is 3.41. The van der Waals surface area contributed by atoms with Gasteiger partial charge in [0, 0.05) is 16.3 Å². The summed E-state index contributed by atoms with van der Waals surface area (Å²) in [6.45, 7) is 1.89. The van der Waals surface area contributed by atoms with Crippen molar-refractivity contribution in [2.45, 2.75) is 13.3 Å². The molecule has 0 unspecified atom stereocenters. The Labute approximate surface area is 185 Å². The number of aryl methyl sites for hydroxylation is 1. The average molecular weight is 433 g/mol. The number of imide groups is 1. The van der Waals surface area contributed by atoms with Crippen molar-refractivity contribution in [3.05, 3.63) is 70.8 Å². The number of benzene rings is 2. The molecule has 3 fully saturated rings. The summed E-state index contributed by atoms with van der Waals surface area (Å²) in [6.07, 6.45) is 5.48. The Morgan fingerprint density at radius 2 is 1.58 bits per heavy atom. The highest BCUT2D eigenvalue weighted by Crippen LogP contribution is 2.65. The number of amides is 3. The third-order valence-electron chi connectivity index (χ3n) is 7.50. The molecular formula is C25H21ClN2O3. The first kappa shape index (κ1) is 18.8. The topological polar surface area (TPSA) is 66.5 Å². The second kappa shape index (κ2) is 6.54. The molecule has 2 aromatic carbocycles. The smallest absolute Gasteiger partial charge is 0.255 e. The summed E-state index contributed by atoms with van der Waals surface area (Å²) in [4.78, 5) is 40.4. The van der Waals surface area contributed by atoms with E-state index in [0.717, 1.165) is 12.0 Å². The Kier molecular flexibility index (Phi) is 3.97. The van der Waals surface area contributed by atoms with Gasteiger partial charge < -0.3 is 5.32 Å². The molecule has 0 spiro atoms. The molecule has 156 valence electrons. The van der Waals surface area contributed by atoms with E-state index in [-0.39, 0.29) is 41.4 Å². The first-order valence-electron chi connectivity index (χ1n) is 10.7. The van der Waals surface area contributed by atoms with E-state index in [1.54, 1.807) is 36.4 Å². The van der Waals surface area contributed by atoms with Gasteiger partial charge in [0.05, 0.1) is 17.5 Å². The minimum absolute atomic E-state index is 0.0912. The molecule has 5 nitrogen and oxygen atoms in total. The van der Waals surface area contributed by atoms with Gasteiger partial charge in [-0.1, -0.05) is 29.8 Å². The van der Waals surface area contributed by atoms with Crippen LogP contribution < -0.4 is 10.2 Å². The van der Waals surface area contributed by atoms with Crippen LogP contribution in [0.1, 0.15) is 22.3 Å². The molecule has 2 aromatic rings. The molecule has 7 rings (SSSR count). The predicted molar refractivity (Wildman–Crippen MR) is 118 cm³/mol. The molecular weight excluding hydrogens is 412 g/mol. The van der Waals surface area contributed by atoms with E-state index in [1.807, 2.05) is 13.0 Å². The van der Waals surface area contributed by atoms with Crippen LogP contribution in [0.5, 0.6) is 0 Å². The van der Waals surface area contributed by atoms with Gasteiger partial charge in [-0.25, -0.2) is 0 Å². The number of nitrogens with one attached hydrogen (secondary N) is 1. The maximum Gasteiger partial charge on any atom is 0.255 e. The Morgan fingerprint density at radius 1 is 0.968 bits per heavy atom. The van der Waals surface area contributed by atoms with E-state index in [1.165, 1.54) is 4.90 Å². The predicted octanol–water partition coefficient (Wildman–Crippen LogP) is 4.46. The first-order valence-corrected chi connectivity index (χ1v) is 11.1. The summed E-state index contributed by atoms with van der Waals surface area (Å²) in [5.41, 5.74) is 2.54. The first-order chi connectivity index (χ1) is 14.9. The molecule has 3 amide bonds. The third kappa shape index (κ3) is 2.72. The zero-order chi connectivity index (χ0) is 21.4. The Balaban J connectivity index is 1.23. The van der Waals surface area contributed by atoms with Crippen molar-refractivity contribution in [1.82, 2.24) is 0 Å². The van der Waals surface area contributed by atoms with Gasteiger partial charge in [-0.05, 0) is 79.0 Å². The van der Waals surface area contributed by atoms with Crippen molar-refractivity contribution in [2.24, 2.45) is 35.5 Å². The van der Waals surface area contributed by atoms with Gasteiger partial charge in [0.15, 0.2) is 0 Å². The largest absolute Gasteiger partial charge is 0.322 e. The van der Waals surface area contributed by atoms with Crippen LogP contribution in [0.3, 0.4) is 0 Å². The van der Waals surface area contributed by atoms with Crippen LogP contribution in [0, 0.1) is 42.4 Å². The van der Waals surface area contributed by atoms with Crippen LogP contribution >= 0.6 is 11.6 Å². The van der Waals surface area contributed by atoms with Gasteiger partial charge in [-0.15, -0.1) is 0 Å². The van der Waals surface area contributed by atoms with Crippen molar-refractivity contribution >= 4 is 40.7 Å². The SMILES string of the molecule is Cc1ccc(Cl)cc1NC(=O)c1ccc(N2C(=O)[C@@H]3[C@H]4C=C[C@@H]([C@@H]5C[C@@H]45)[C@H]3C2=O)cc1. The quantitative estimate of drug-likeness (QED) is 0.575. The Morgan fingerprint density at radius 3 is 2.19 bits per heavy atom. The molecule has 2 bridgehead atoms. The van der Waals surface area contributed by atoms with Crippen LogP contribution in [0.15, 0.2) is 54.6 Å². The van der Waals surface area contributed by atoms with Gasteiger partial charge in [0.2, 0.25) is 11.8 Å². The van der Waals surface area contributed by atoms with Crippen molar-refractivity contribution in [2.75, 3.05) is 10.2 Å². The van der Waals surface area contributed by atoms with Gasteiger partial charge >= 0.3 is 0 Å². The van der Waals surface area contributed by atoms with Gasteiger partial charge in [0.25, 0.3) is 5.91 Å². The minimum atomic E-state index is -0.271. The lowest BCUT2D eigenvalue weighted by molar-refractivity contribution is -0.124. The molecule has 6 atom stereocenters. The fourth-order valence-corrected chi connectivity index (χ4v) is 6.07. The van der Waals surface area contributed by atoms with E-state index in [0.29, 0.717) is 33.8 Å². The van der Waals surface area contributed by atoms with Crippen LogP contribution in [0.4, 0.5) is 11.4 Å². The molecule has 5 aliphatic rings. The van der Waals surface area contributed by atoms with Gasteiger partial charge in [0.1, 0.15) is 0 Å².